The number of benzene rings is 4. The fourth-order valence-corrected chi connectivity index (χ4v) is 5.14. The van der Waals surface area contributed by atoms with Gasteiger partial charge in [0.15, 0.2) is 0 Å². The smallest absolute Gasteiger partial charge is 0.0562 e. The predicted octanol–water partition coefficient (Wildman–Crippen LogP) is 8.59. The third-order valence-electron chi connectivity index (χ3n) is 6.58. The molecule has 0 aliphatic carbocycles. The van der Waals surface area contributed by atoms with Crippen LogP contribution < -0.4 is 0 Å². The summed E-state index contributed by atoms with van der Waals surface area (Å²) in [5, 5.41) is 4.89. The van der Waals surface area contributed by atoms with Gasteiger partial charge in [0, 0.05) is 28.6 Å². The molecule has 0 unspecified atom stereocenters. The molecule has 0 saturated heterocycles. The van der Waals surface area contributed by atoms with Gasteiger partial charge in [0.05, 0.1) is 16.7 Å². The maximum absolute atomic E-state index is 4.48. The van der Waals surface area contributed by atoms with E-state index < -0.39 is 0 Å². The molecule has 0 aliphatic heterocycles. The van der Waals surface area contributed by atoms with Crippen molar-refractivity contribution in [2.45, 2.75) is 27.2 Å². The minimum atomic E-state index is 0.279. The Morgan fingerprint density at radius 1 is 0.676 bits per heavy atom. The van der Waals surface area contributed by atoms with Crippen LogP contribution in [0, 0.1) is 5.41 Å². The first-order chi connectivity index (χ1) is 16.5. The van der Waals surface area contributed by atoms with Crippen LogP contribution in [-0.2, 0) is 6.42 Å². The van der Waals surface area contributed by atoms with Crippen molar-refractivity contribution in [3.63, 3.8) is 0 Å². The lowest BCUT2D eigenvalue weighted by Crippen LogP contribution is -2.08. The second-order valence-corrected chi connectivity index (χ2v) is 10.4. The van der Waals surface area contributed by atoms with Gasteiger partial charge in [-0.1, -0.05) is 81.4 Å². The molecular formula is C32H28N2. The monoisotopic (exact) mass is 440 g/mol. The van der Waals surface area contributed by atoms with E-state index in [1.165, 1.54) is 43.9 Å². The molecule has 0 atom stereocenters. The Balaban J connectivity index is 1.60. The van der Waals surface area contributed by atoms with E-state index >= 15 is 0 Å². The molecule has 166 valence electrons. The van der Waals surface area contributed by atoms with Crippen LogP contribution in [-0.4, -0.2) is 9.55 Å². The largest absolute Gasteiger partial charge is 0.309 e. The standard InChI is InChI=1S/C32H28N2/c1-32(2,3)20-22-12-14-23(15-13-22)25-18-24-16-17-33-21-28(24)31(19-25)34-29-10-6-4-8-26(29)27-9-5-7-11-30(27)34/h4-19,21H,20H2,1-3H3. The van der Waals surface area contributed by atoms with Crippen molar-refractivity contribution in [3.8, 4) is 16.8 Å². The first kappa shape index (κ1) is 20.7. The molecular weight excluding hydrogens is 412 g/mol. The van der Waals surface area contributed by atoms with Crippen molar-refractivity contribution < 1.29 is 0 Å². The Morgan fingerprint density at radius 2 is 1.32 bits per heavy atom. The number of fused-ring (bicyclic) bond motifs is 4. The lowest BCUT2D eigenvalue weighted by Gasteiger charge is -2.18. The number of pyridine rings is 1. The lowest BCUT2D eigenvalue weighted by molar-refractivity contribution is 0.411. The van der Waals surface area contributed by atoms with Crippen LogP contribution in [0.25, 0.3) is 49.4 Å². The average Bonchev–Trinajstić information content (AvgIpc) is 3.17. The van der Waals surface area contributed by atoms with Gasteiger partial charge in [-0.3, -0.25) is 4.98 Å². The summed E-state index contributed by atoms with van der Waals surface area (Å²) >= 11 is 0. The summed E-state index contributed by atoms with van der Waals surface area (Å²) in [6, 6.07) is 33.1. The van der Waals surface area contributed by atoms with Crippen LogP contribution in [0.5, 0.6) is 0 Å². The summed E-state index contributed by atoms with van der Waals surface area (Å²) in [4.78, 5) is 4.48. The summed E-state index contributed by atoms with van der Waals surface area (Å²) in [6.45, 7) is 6.86. The van der Waals surface area contributed by atoms with Gasteiger partial charge >= 0.3 is 0 Å². The fourth-order valence-electron chi connectivity index (χ4n) is 5.14. The van der Waals surface area contributed by atoms with Crippen LogP contribution >= 0.6 is 0 Å². The fraction of sp³-hybridized carbons (Fsp3) is 0.156. The molecule has 4 aromatic carbocycles. The number of para-hydroxylation sites is 2. The molecule has 6 aromatic rings. The van der Waals surface area contributed by atoms with Crippen molar-refractivity contribution in [1.82, 2.24) is 9.55 Å². The molecule has 2 heterocycles. The number of nitrogens with zero attached hydrogens (tertiary/aromatic N) is 2. The molecule has 0 saturated carbocycles. The van der Waals surface area contributed by atoms with Gasteiger partial charge in [-0.2, -0.15) is 0 Å². The Labute approximate surface area is 200 Å². The highest BCUT2D eigenvalue weighted by molar-refractivity contribution is 6.10. The molecule has 0 spiro atoms. The lowest BCUT2D eigenvalue weighted by atomic mass is 9.87. The topological polar surface area (TPSA) is 17.8 Å². The molecule has 2 heteroatoms. The molecule has 0 bridgehead atoms. The maximum atomic E-state index is 4.48. The zero-order chi connectivity index (χ0) is 23.3. The second kappa shape index (κ2) is 7.85. The molecule has 0 fully saturated rings. The van der Waals surface area contributed by atoms with E-state index in [0.717, 1.165) is 17.5 Å². The summed E-state index contributed by atoms with van der Waals surface area (Å²) in [5.74, 6) is 0. The highest BCUT2D eigenvalue weighted by Crippen LogP contribution is 2.37. The summed E-state index contributed by atoms with van der Waals surface area (Å²) in [6.07, 6.45) is 4.95. The maximum Gasteiger partial charge on any atom is 0.0562 e. The Morgan fingerprint density at radius 3 is 1.97 bits per heavy atom. The second-order valence-electron chi connectivity index (χ2n) is 10.4. The van der Waals surface area contributed by atoms with Gasteiger partial charge < -0.3 is 4.57 Å². The van der Waals surface area contributed by atoms with E-state index in [1.807, 2.05) is 12.4 Å². The van der Waals surface area contributed by atoms with E-state index in [0.29, 0.717) is 0 Å². The van der Waals surface area contributed by atoms with Crippen molar-refractivity contribution in [1.29, 1.82) is 0 Å². The van der Waals surface area contributed by atoms with Gasteiger partial charge in [-0.05, 0) is 64.2 Å². The minimum Gasteiger partial charge on any atom is -0.309 e. The van der Waals surface area contributed by atoms with E-state index in [-0.39, 0.29) is 5.41 Å². The Bertz CT molecular complexity index is 1590. The SMILES string of the molecule is CC(C)(C)Cc1ccc(-c2cc(-n3c4ccccc4c4ccccc43)c3cnccc3c2)cc1. The van der Waals surface area contributed by atoms with Gasteiger partial charge in [-0.25, -0.2) is 0 Å². The third-order valence-corrected chi connectivity index (χ3v) is 6.58. The van der Waals surface area contributed by atoms with Crippen LogP contribution in [0.1, 0.15) is 26.3 Å². The Kier molecular flexibility index (Phi) is 4.77. The van der Waals surface area contributed by atoms with Crippen molar-refractivity contribution in [2.75, 3.05) is 0 Å². The van der Waals surface area contributed by atoms with E-state index in [9.17, 15) is 0 Å². The molecule has 0 N–H and O–H groups in total. The number of rotatable bonds is 3. The molecule has 34 heavy (non-hydrogen) atoms. The zero-order valence-electron chi connectivity index (χ0n) is 19.9. The third kappa shape index (κ3) is 3.56. The van der Waals surface area contributed by atoms with Crippen LogP contribution in [0.15, 0.2) is 103 Å². The summed E-state index contributed by atoms with van der Waals surface area (Å²) < 4.78 is 2.39. The quantitative estimate of drug-likeness (QED) is 0.269. The van der Waals surface area contributed by atoms with Crippen LogP contribution in [0.3, 0.4) is 0 Å². The van der Waals surface area contributed by atoms with E-state index in [4.69, 9.17) is 0 Å². The number of hydrogen-bond donors (Lipinski definition) is 0. The van der Waals surface area contributed by atoms with Gasteiger partial charge in [0.1, 0.15) is 0 Å². The normalized spacial score (nSPS) is 12.1. The first-order valence-electron chi connectivity index (χ1n) is 11.9. The summed E-state index contributed by atoms with van der Waals surface area (Å²) in [5.41, 5.74) is 7.70. The molecule has 6 rings (SSSR count). The molecule has 0 radical (unpaired) electrons. The number of hydrogen-bond acceptors (Lipinski definition) is 1. The molecule has 0 aliphatic rings. The average molecular weight is 441 g/mol. The molecule has 0 amide bonds. The highest BCUT2D eigenvalue weighted by Gasteiger charge is 2.16. The first-order valence-corrected chi connectivity index (χ1v) is 11.9. The highest BCUT2D eigenvalue weighted by atomic mass is 15.0. The van der Waals surface area contributed by atoms with Crippen molar-refractivity contribution in [2.24, 2.45) is 5.41 Å². The van der Waals surface area contributed by atoms with Crippen LogP contribution in [0.2, 0.25) is 0 Å². The molecule has 2 nitrogen and oxygen atoms in total. The predicted molar refractivity (Wildman–Crippen MR) is 145 cm³/mol. The van der Waals surface area contributed by atoms with Gasteiger partial charge in [0.2, 0.25) is 0 Å². The number of aromatic nitrogens is 2. The molecule has 2 aromatic heterocycles. The Hall–Kier alpha value is -3.91. The zero-order valence-corrected chi connectivity index (χ0v) is 19.9. The van der Waals surface area contributed by atoms with E-state index in [1.54, 1.807) is 0 Å². The van der Waals surface area contributed by atoms with Gasteiger partial charge in [0.25, 0.3) is 0 Å². The van der Waals surface area contributed by atoms with E-state index in [2.05, 4.69) is 121 Å². The minimum absolute atomic E-state index is 0.279. The summed E-state index contributed by atoms with van der Waals surface area (Å²) in [7, 11) is 0. The van der Waals surface area contributed by atoms with Gasteiger partial charge in [-0.15, -0.1) is 0 Å². The van der Waals surface area contributed by atoms with Crippen LogP contribution in [0.4, 0.5) is 0 Å². The van der Waals surface area contributed by atoms with Crippen molar-refractivity contribution >= 4 is 32.6 Å². The van der Waals surface area contributed by atoms with Crippen molar-refractivity contribution in [3.05, 3.63) is 109 Å².